The highest BCUT2D eigenvalue weighted by Crippen LogP contribution is 2.43. The fraction of sp³-hybridized carbons (Fsp3) is 0.490. The second kappa shape index (κ2) is 17.2. The van der Waals surface area contributed by atoms with Crippen LogP contribution in [0, 0.1) is 35.8 Å². The number of nitrogens with one attached hydrogen (secondary N) is 2. The van der Waals surface area contributed by atoms with Crippen molar-refractivity contribution in [1.82, 2.24) is 29.9 Å². The van der Waals surface area contributed by atoms with Crippen LogP contribution in [0.4, 0.5) is 25.8 Å². The van der Waals surface area contributed by atoms with Crippen LogP contribution in [0.25, 0.3) is 11.3 Å². The average molecular weight is 903 g/mol. The summed E-state index contributed by atoms with van der Waals surface area (Å²) in [4.78, 5) is 69.9. The second-order valence-electron chi connectivity index (χ2n) is 19.7. The van der Waals surface area contributed by atoms with Crippen molar-refractivity contribution in [2.45, 2.75) is 84.7 Å². The minimum absolute atomic E-state index is 0.0162. The van der Waals surface area contributed by atoms with E-state index in [0.29, 0.717) is 99.5 Å². The summed E-state index contributed by atoms with van der Waals surface area (Å²) in [5.74, 6) is -3.18. The Labute approximate surface area is 382 Å². The van der Waals surface area contributed by atoms with Gasteiger partial charge in [-0.3, -0.25) is 34.4 Å². The first kappa shape index (κ1) is 43.7. The number of pyridine rings is 1. The van der Waals surface area contributed by atoms with Crippen molar-refractivity contribution in [2.75, 3.05) is 67.5 Å². The molecule has 0 radical (unpaired) electrons. The molecule has 66 heavy (non-hydrogen) atoms. The summed E-state index contributed by atoms with van der Waals surface area (Å²) < 4.78 is 39.4. The summed E-state index contributed by atoms with van der Waals surface area (Å²) in [6, 6.07) is 12.7. The summed E-state index contributed by atoms with van der Waals surface area (Å²) in [5, 5.41) is 10.3. The molecule has 4 aromatic rings. The maximum Gasteiger partial charge on any atom is 0.280 e. The zero-order valence-electron chi connectivity index (χ0n) is 37.9. The van der Waals surface area contributed by atoms with Crippen molar-refractivity contribution >= 4 is 46.7 Å². The van der Waals surface area contributed by atoms with E-state index in [-0.39, 0.29) is 42.1 Å². The molecule has 17 heteroatoms. The number of amides is 4. The summed E-state index contributed by atoms with van der Waals surface area (Å²) in [6.07, 6.45) is 5.72. The Morgan fingerprint density at radius 1 is 0.939 bits per heavy atom. The average Bonchev–Trinajstić information content (AvgIpc) is 3.83. The number of piperidine rings is 1. The Hall–Kier alpha value is -6.23. The summed E-state index contributed by atoms with van der Waals surface area (Å²) in [6.45, 7) is 13.2. The molecular weight excluding hydrogens is 847 g/mol. The van der Waals surface area contributed by atoms with Gasteiger partial charge in [0, 0.05) is 81.3 Å². The second-order valence-corrected chi connectivity index (χ2v) is 19.7. The van der Waals surface area contributed by atoms with Crippen molar-refractivity contribution in [1.29, 1.82) is 0 Å². The van der Waals surface area contributed by atoms with E-state index >= 15 is 8.78 Å². The minimum Gasteiger partial charge on any atom is -0.477 e. The first-order valence-corrected chi connectivity index (χ1v) is 23.3. The number of aromatic nitrogens is 3. The van der Waals surface area contributed by atoms with Crippen molar-refractivity contribution in [2.24, 2.45) is 22.2 Å². The molecule has 3 atom stereocenters. The summed E-state index contributed by atoms with van der Waals surface area (Å²) in [5.41, 5.74) is 5.01. The van der Waals surface area contributed by atoms with E-state index in [1.165, 1.54) is 12.1 Å². The molecule has 0 spiro atoms. The van der Waals surface area contributed by atoms with Crippen LogP contribution >= 0.6 is 0 Å². The van der Waals surface area contributed by atoms with E-state index in [2.05, 4.69) is 49.6 Å². The highest BCUT2D eigenvalue weighted by Gasteiger charge is 2.46. The van der Waals surface area contributed by atoms with E-state index in [4.69, 9.17) is 9.72 Å². The van der Waals surface area contributed by atoms with Gasteiger partial charge in [-0.15, -0.1) is 0 Å². The van der Waals surface area contributed by atoms with Gasteiger partial charge in [0.15, 0.2) is 0 Å². The Kier molecular flexibility index (Phi) is 11.4. The standard InChI is InChI=1S/C49H56F2N10O5/c1-28-6-5-17-66-47-35(23-52-61(47)32-8-9-32)40-20-31(18-29(2)53-40)44(63)56-48-54-39-11-7-30(19-41(39)60(48)24-28)25-57-13-15-58(16-14-57)46(65)36-26-59(27-49(36,3)4)33-21-37(50)43(38(51)22-33)34-10-12-42(62)55-45(34)64/h7,11,18-23,28,32,34,36H,5-6,8-10,12-17,24-27H2,1-4H3,(H,54,56,63)(H,55,62,64)/t28-,34-,36-/m1/s1. The number of halogens is 2. The number of imide groups is 1. The van der Waals surface area contributed by atoms with Crippen LogP contribution in [0.1, 0.15) is 98.4 Å². The number of nitrogens with zero attached hydrogens (tertiary/aromatic N) is 8. The monoisotopic (exact) mass is 902 g/mol. The van der Waals surface area contributed by atoms with Crippen LogP contribution in [0.15, 0.2) is 53.7 Å². The van der Waals surface area contributed by atoms with E-state index in [1.54, 1.807) is 18.3 Å². The highest BCUT2D eigenvalue weighted by molar-refractivity contribution is 6.19. The molecule has 15 nitrogen and oxygen atoms in total. The molecule has 0 unspecified atom stereocenters. The van der Waals surface area contributed by atoms with Crippen molar-refractivity contribution in [3.63, 3.8) is 0 Å². The van der Waals surface area contributed by atoms with Crippen LogP contribution in [0.2, 0.25) is 0 Å². The molecule has 2 bridgehead atoms. The number of fused-ring (bicyclic) bond motifs is 7. The van der Waals surface area contributed by atoms with E-state index in [0.717, 1.165) is 48.2 Å². The van der Waals surface area contributed by atoms with Crippen molar-refractivity contribution in [3.8, 4) is 17.1 Å². The Bertz CT molecular complexity index is 2630. The molecule has 4 amide bonds. The molecule has 4 fully saturated rings. The molecule has 2 N–H and O–H groups in total. The topological polar surface area (TPSA) is 158 Å². The number of anilines is 3. The predicted octanol–water partition coefficient (Wildman–Crippen LogP) is 6.43. The van der Waals surface area contributed by atoms with Crippen LogP contribution < -0.4 is 25.2 Å². The van der Waals surface area contributed by atoms with Crippen molar-refractivity contribution in [3.05, 3.63) is 82.7 Å². The van der Waals surface area contributed by atoms with Crippen LogP contribution in [0.5, 0.6) is 5.88 Å². The predicted molar refractivity (Wildman–Crippen MR) is 244 cm³/mol. The van der Waals surface area contributed by atoms with E-state index in [1.807, 2.05) is 41.3 Å². The number of carbonyl (C=O) groups is 4. The maximum absolute atomic E-state index is 15.5. The Balaban J connectivity index is 0.803. The number of guanidine groups is 1. The van der Waals surface area contributed by atoms with Crippen LogP contribution in [-0.4, -0.2) is 107 Å². The van der Waals surface area contributed by atoms with Gasteiger partial charge in [0.05, 0.1) is 53.3 Å². The quantitative estimate of drug-likeness (QED) is 0.206. The zero-order chi connectivity index (χ0) is 46.0. The van der Waals surface area contributed by atoms with E-state index in [9.17, 15) is 19.2 Å². The van der Waals surface area contributed by atoms with Gasteiger partial charge < -0.3 is 24.8 Å². The lowest BCUT2D eigenvalue weighted by Gasteiger charge is -2.37. The third kappa shape index (κ3) is 8.53. The molecule has 346 valence electrons. The van der Waals surface area contributed by atoms with Gasteiger partial charge in [-0.05, 0) is 92.3 Å². The molecular formula is C49H56F2N10O5. The molecule has 1 saturated carbocycles. The van der Waals surface area contributed by atoms with E-state index < -0.39 is 34.8 Å². The molecule has 2 aromatic heterocycles. The number of hydrogen-bond donors (Lipinski definition) is 2. The lowest BCUT2D eigenvalue weighted by atomic mass is 9.81. The third-order valence-electron chi connectivity index (χ3n) is 14.1. The van der Waals surface area contributed by atoms with Crippen LogP contribution in [0.3, 0.4) is 0 Å². The number of piperazine rings is 1. The molecule has 5 aliphatic heterocycles. The number of ether oxygens (including phenoxy) is 1. The van der Waals surface area contributed by atoms with Gasteiger partial charge in [-0.2, -0.15) is 10.1 Å². The van der Waals surface area contributed by atoms with Crippen LogP contribution in [-0.2, 0) is 20.9 Å². The molecule has 7 heterocycles. The zero-order valence-corrected chi connectivity index (χ0v) is 37.9. The molecule has 6 aliphatic rings. The number of aliphatic imine (C=N–C) groups is 1. The normalized spacial score (nSPS) is 24.3. The maximum atomic E-state index is 15.5. The lowest BCUT2D eigenvalue weighted by Crippen LogP contribution is -2.51. The largest absolute Gasteiger partial charge is 0.477 e. The fourth-order valence-electron chi connectivity index (χ4n) is 10.3. The first-order chi connectivity index (χ1) is 31.7. The smallest absolute Gasteiger partial charge is 0.280 e. The van der Waals surface area contributed by atoms with Gasteiger partial charge in [-0.1, -0.05) is 26.8 Å². The number of benzene rings is 2. The summed E-state index contributed by atoms with van der Waals surface area (Å²) in [7, 11) is 0. The molecule has 3 saturated heterocycles. The number of rotatable bonds is 6. The molecule has 1 aliphatic carbocycles. The highest BCUT2D eigenvalue weighted by atomic mass is 19.1. The fourth-order valence-corrected chi connectivity index (χ4v) is 10.3. The van der Waals surface area contributed by atoms with Gasteiger partial charge in [0.2, 0.25) is 29.6 Å². The van der Waals surface area contributed by atoms with Gasteiger partial charge in [0.25, 0.3) is 5.91 Å². The summed E-state index contributed by atoms with van der Waals surface area (Å²) >= 11 is 0. The number of aryl methyl sites for hydroxylation is 1. The number of carbonyl (C=O) groups excluding carboxylic acids is 4. The lowest BCUT2D eigenvalue weighted by molar-refractivity contribution is -0.139. The SMILES string of the molecule is Cc1cc2cc(n1)-c1cnn(C3CC3)c1OCCC[C@@H](C)CN1/C(=N/C2=O)Nc2ccc(CN3CCN(C(=O)[C@H]4CN(c5cc(F)c([C@H]6CCC(=O)NC6=O)c(F)c5)CC4(C)C)CC3)cc21. The molecule has 2 aromatic carbocycles. The Morgan fingerprint density at radius 3 is 2.45 bits per heavy atom. The van der Waals surface area contributed by atoms with Crippen molar-refractivity contribution < 1.29 is 32.7 Å². The van der Waals surface area contributed by atoms with Gasteiger partial charge in [0.1, 0.15) is 11.6 Å². The van der Waals surface area contributed by atoms with Gasteiger partial charge in [-0.25, -0.2) is 13.5 Å². The van der Waals surface area contributed by atoms with Gasteiger partial charge >= 0.3 is 0 Å². The third-order valence-corrected chi connectivity index (χ3v) is 14.1. The molecule has 10 rings (SSSR count). The Morgan fingerprint density at radius 2 is 1.71 bits per heavy atom. The minimum atomic E-state index is -1.08. The number of hydrogen-bond acceptors (Lipinski definition) is 11. The first-order valence-electron chi connectivity index (χ1n) is 23.3.